The lowest BCUT2D eigenvalue weighted by Crippen LogP contribution is -2.50. The third-order valence-corrected chi connectivity index (χ3v) is 3.13. The van der Waals surface area contributed by atoms with Gasteiger partial charge in [-0.25, -0.2) is 4.79 Å². The predicted octanol–water partition coefficient (Wildman–Crippen LogP) is 0.357. The number of carbonyl (C=O) groups is 2. The SMILES string of the molecule is CC(=O)NC1CC=C(C(=O)OO)C2OC(C)(C)OC12. The minimum Gasteiger partial charge on any atom is -0.351 e. The highest BCUT2D eigenvalue weighted by molar-refractivity contribution is 5.89. The molecule has 0 aromatic carbocycles. The molecule has 1 amide bonds. The number of hydrogen-bond donors (Lipinski definition) is 2. The van der Waals surface area contributed by atoms with Crippen molar-refractivity contribution in [3.8, 4) is 0 Å². The van der Waals surface area contributed by atoms with Gasteiger partial charge >= 0.3 is 5.97 Å². The Hall–Kier alpha value is -1.44. The fraction of sp³-hybridized carbons (Fsp3) is 0.667. The van der Waals surface area contributed by atoms with E-state index in [1.807, 2.05) is 0 Å². The van der Waals surface area contributed by atoms with Crippen molar-refractivity contribution < 1.29 is 29.2 Å². The second kappa shape index (κ2) is 4.92. The molecule has 0 aromatic rings. The normalized spacial score (nSPS) is 32.2. The van der Waals surface area contributed by atoms with Gasteiger partial charge in [0.15, 0.2) is 5.79 Å². The Bertz CT molecular complexity index is 430. The summed E-state index contributed by atoms with van der Waals surface area (Å²) < 4.78 is 11.4. The Morgan fingerprint density at radius 3 is 2.74 bits per heavy atom. The molecule has 2 aliphatic rings. The number of nitrogens with one attached hydrogen (secondary N) is 1. The average molecular weight is 271 g/mol. The third-order valence-electron chi connectivity index (χ3n) is 3.13. The summed E-state index contributed by atoms with van der Waals surface area (Å²) in [4.78, 5) is 26.4. The zero-order valence-electron chi connectivity index (χ0n) is 11.0. The number of amides is 1. The van der Waals surface area contributed by atoms with Gasteiger partial charge in [-0.05, 0) is 20.3 Å². The summed E-state index contributed by atoms with van der Waals surface area (Å²) >= 11 is 0. The molecule has 1 saturated heterocycles. The Labute approximate surface area is 110 Å². The van der Waals surface area contributed by atoms with E-state index in [0.29, 0.717) is 6.42 Å². The Morgan fingerprint density at radius 1 is 1.47 bits per heavy atom. The van der Waals surface area contributed by atoms with Gasteiger partial charge in [0, 0.05) is 6.92 Å². The van der Waals surface area contributed by atoms with Crippen LogP contribution in [-0.4, -0.2) is 41.2 Å². The topological polar surface area (TPSA) is 94.1 Å². The molecule has 3 atom stereocenters. The number of rotatable bonds is 2. The average Bonchev–Trinajstić information content (AvgIpc) is 2.63. The molecule has 2 rings (SSSR count). The van der Waals surface area contributed by atoms with Crippen LogP contribution in [0.25, 0.3) is 0 Å². The van der Waals surface area contributed by atoms with Crippen LogP contribution in [0, 0.1) is 0 Å². The maximum absolute atomic E-state index is 11.5. The highest BCUT2D eigenvalue weighted by Crippen LogP contribution is 2.37. The summed E-state index contributed by atoms with van der Waals surface area (Å²) in [7, 11) is 0. The van der Waals surface area contributed by atoms with Crippen LogP contribution in [0.5, 0.6) is 0 Å². The van der Waals surface area contributed by atoms with Gasteiger partial charge in [-0.2, -0.15) is 5.26 Å². The van der Waals surface area contributed by atoms with Crippen molar-refractivity contribution in [1.29, 1.82) is 0 Å². The second-order valence-corrected chi connectivity index (χ2v) is 5.10. The number of carbonyl (C=O) groups excluding carboxylic acids is 2. The molecule has 0 spiro atoms. The van der Waals surface area contributed by atoms with Crippen molar-refractivity contribution in [3.05, 3.63) is 11.6 Å². The summed E-state index contributed by atoms with van der Waals surface area (Å²) in [5.74, 6) is -1.91. The van der Waals surface area contributed by atoms with Crippen LogP contribution in [0.2, 0.25) is 0 Å². The minimum absolute atomic E-state index is 0.182. The molecule has 0 bridgehead atoms. The summed E-state index contributed by atoms with van der Waals surface area (Å²) in [5.41, 5.74) is 0.208. The van der Waals surface area contributed by atoms with E-state index in [-0.39, 0.29) is 17.5 Å². The molecule has 106 valence electrons. The van der Waals surface area contributed by atoms with E-state index in [9.17, 15) is 9.59 Å². The quantitative estimate of drug-likeness (QED) is 0.556. The monoisotopic (exact) mass is 271 g/mol. The van der Waals surface area contributed by atoms with Crippen LogP contribution in [0.1, 0.15) is 27.2 Å². The lowest BCUT2D eigenvalue weighted by molar-refractivity contribution is -0.230. The third kappa shape index (κ3) is 2.78. The van der Waals surface area contributed by atoms with Gasteiger partial charge in [-0.3, -0.25) is 9.68 Å². The minimum atomic E-state index is -0.870. The van der Waals surface area contributed by atoms with Crippen LogP contribution in [-0.2, 0) is 24.0 Å². The van der Waals surface area contributed by atoms with Gasteiger partial charge in [-0.1, -0.05) is 6.08 Å². The van der Waals surface area contributed by atoms with Crippen molar-refractivity contribution in [2.24, 2.45) is 0 Å². The molecule has 1 aliphatic carbocycles. The molecule has 2 N–H and O–H groups in total. The fourth-order valence-electron chi connectivity index (χ4n) is 2.48. The van der Waals surface area contributed by atoms with Gasteiger partial charge in [-0.15, -0.1) is 0 Å². The van der Waals surface area contributed by atoms with Crippen LogP contribution in [0.15, 0.2) is 11.6 Å². The number of ether oxygens (including phenoxy) is 2. The zero-order chi connectivity index (χ0) is 14.2. The van der Waals surface area contributed by atoms with Crippen molar-refractivity contribution in [1.82, 2.24) is 5.32 Å². The maximum Gasteiger partial charge on any atom is 0.371 e. The zero-order valence-corrected chi connectivity index (χ0v) is 11.0. The molecule has 7 heteroatoms. The van der Waals surface area contributed by atoms with Crippen LogP contribution in [0.3, 0.4) is 0 Å². The van der Waals surface area contributed by atoms with E-state index >= 15 is 0 Å². The molecule has 1 heterocycles. The van der Waals surface area contributed by atoms with E-state index in [0.717, 1.165) is 0 Å². The largest absolute Gasteiger partial charge is 0.371 e. The molecule has 1 aliphatic heterocycles. The molecule has 3 unspecified atom stereocenters. The molecule has 0 radical (unpaired) electrons. The highest BCUT2D eigenvalue weighted by Gasteiger charge is 2.50. The first-order chi connectivity index (χ1) is 8.84. The summed E-state index contributed by atoms with van der Waals surface area (Å²) in [6.45, 7) is 4.85. The van der Waals surface area contributed by atoms with Crippen LogP contribution >= 0.6 is 0 Å². The van der Waals surface area contributed by atoms with E-state index in [1.54, 1.807) is 19.9 Å². The molecular formula is C12H17NO6. The smallest absolute Gasteiger partial charge is 0.351 e. The van der Waals surface area contributed by atoms with Crippen molar-refractivity contribution in [3.63, 3.8) is 0 Å². The van der Waals surface area contributed by atoms with E-state index in [1.165, 1.54) is 6.92 Å². The number of fused-ring (bicyclic) bond motifs is 1. The van der Waals surface area contributed by atoms with Crippen molar-refractivity contribution in [2.75, 3.05) is 0 Å². The second-order valence-electron chi connectivity index (χ2n) is 5.10. The van der Waals surface area contributed by atoms with Gasteiger partial charge in [0.1, 0.15) is 12.2 Å². The van der Waals surface area contributed by atoms with E-state index < -0.39 is 24.0 Å². The molecule has 7 nitrogen and oxygen atoms in total. The Balaban J connectivity index is 2.26. The van der Waals surface area contributed by atoms with Crippen LogP contribution in [0.4, 0.5) is 0 Å². The lowest BCUT2D eigenvalue weighted by atomic mass is 9.89. The van der Waals surface area contributed by atoms with E-state index in [4.69, 9.17) is 14.7 Å². The standard InChI is InChI=1S/C12H17NO6/c1-6(14)13-8-5-4-7(11(15)19-16)9-10(8)18-12(2,3)17-9/h4,8-10,16H,5H2,1-3H3,(H,13,14). The Kier molecular flexibility index (Phi) is 3.62. The van der Waals surface area contributed by atoms with Crippen LogP contribution < -0.4 is 5.32 Å². The Morgan fingerprint density at radius 2 is 2.16 bits per heavy atom. The molecule has 19 heavy (non-hydrogen) atoms. The molecule has 1 fully saturated rings. The summed E-state index contributed by atoms with van der Waals surface area (Å²) in [5, 5.41) is 11.3. The highest BCUT2D eigenvalue weighted by atomic mass is 17.1. The lowest BCUT2D eigenvalue weighted by Gasteiger charge is -2.30. The van der Waals surface area contributed by atoms with E-state index in [2.05, 4.69) is 10.2 Å². The first-order valence-electron chi connectivity index (χ1n) is 6.02. The predicted molar refractivity (Wildman–Crippen MR) is 62.9 cm³/mol. The molecule has 0 aromatic heterocycles. The van der Waals surface area contributed by atoms with Gasteiger partial charge in [0.25, 0.3) is 0 Å². The molecule has 0 saturated carbocycles. The van der Waals surface area contributed by atoms with Gasteiger partial charge < -0.3 is 14.8 Å². The van der Waals surface area contributed by atoms with Crippen molar-refractivity contribution >= 4 is 11.9 Å². The summed E-state index contributed by atoms with van der Waals surface area (Å²) in [6, 6.07) is -0.278. The summed E-state index contributed by atoms with van der Waals surface area (Å²) in [6.07, 6.45) is 0.841. The van der Waals surface area contributed by atoms with Crippen molar-refractivity contribution in [2.45, 2.75) is 51.2 Å². The maximum atomic E-state index is 11.5. The number of hydrogen-bond acceptors (Lipinski definition) is 6. The van der Waals surface area contributed by atoms with Gasteiger partial charge in [0.05, 0.1) is 11.6 Å². The molecular weight excluding hydrogens is 254 g/mol. The van der Waals surface area contributed by atoms with Gasteiger partial charge in [0.2, 0.25) is 5.91 Å². The first-order valence-corrected chi connectivity index (χ1v) is 6.02. The first kappa shape index (κ1) is 14.0. The fourth-order valence-corrected chi connectivity index (χ4v) is 2.48.